The maximum atomic E-state index is 13.5. The first-order valence-electron chi connectivity index (χ1n) is 36.7. The van der Waals surface area contributed by atoms with Crippen molar-refractivity contribution in [2.45, 2.75) is 384 Å². The standard InChI is InChI=1S/C76H137NO10/c1-4-7-10-13-16-19-22-25-27-29-31-33-34-35-36-37-39-41-43-46-49-52-55-58-61-64-71(81)87-74-73(83)72(82)70(65-78)86-76(74)85-66-67(68(79)62-59-56-53-50-47-44-24-21-18-15-12-9-6-3)77-75(84)69(80)63-60-57-54-51-48-45-42-40-38-32-30-28-26-23-20-17-14-11-8-5-2/h7,10,16,19,25,27,31,33,35-36,59,62,67-70,72-74,76,78-80,82-83H,4-6,8-9,11-15,17-18,20-24,26,28-30,32,34,37-58,60-61,63-66H2,1-3H3,(H,77,84)/b10-7-,19-16-,27-25-,33-31-,36-35-,62-59+. The average Bonchev–Trinajstić information content (AvgIpc) is 2.32. The molecule has 0 saturated carbocycles. The van der Waals surface area contributed by atoms with Crippen molar-refractivity contribution in [2.24, 2.45) is 0 Å². The highest BCUT2D eigenvalue weighted by Crippen LogP contribution is 2.26. The summed E-state index contributed by atoms with van der Waals surface area (Å²) in [6.45, 7) is 5.73. The van der Waals surface area contributed by atoms with Gasteiger partial charge in [-0.3, -0.25) is 9.59 Å². The Morgan fingerprint density at radius 2 is 0.828 bits per heavy atom. The van der Waals surface area contributed by atoms with Crippen LogP contribution >= 0.6 is 0 Å². The van der Waals surface area contributed by atoms with E-state index in [1.54, 1.807) is 6.08 Å². The number of allylic oxidation sites excluding steroid dienone is 11. The van der Waals surface area contributed by atoms with Crippen molar-refractivity contribution in [1.29, 1.82) is 0 Å². The van der Waals surface area contributed by atoms with Gasteiger partial charge in [0.2, 0.25) is 5.91 Å². The number of esters is 1. The van der Waals surface area contributed by atoms with Crippen LogP contribution in [0.2, 0.25) is 0 Å². The third kappa shape index (κ3) is 50.4. The third-order valence-electron chi connectivity index (χ3n) is 17.1. The topological polar surface area (TPSA) is 175 Å². The Morgan fingerprint density at radius 1 is 0.460 bits per heavy atom. The second-order valence-corrected chi connectivity index (χ2v) is 25.3. The summed E-state index contributed by atoms with van der Waals surface area (Å²) in [7, 11) is 0. The third-order valence-corrected chi connectivity index (χ3v) is 17.1. The number of carbonyl (C=O) groups is 2. The molecule has 0 radical (unpaired) electrons. The molecular formula is C76H137NO10. The van der Waals surface area contributed by atoms with Crippen LogP contribution in [0, 0.1) is 0 Å². The van der Waals surface area contributed by atoms with E-state index in [9.17, 15) is 35.1 Å². The zero-order valence-electron chi connectivity index (χ0n) is 56.4. The summed E-state index contributed by atoms with van der Waals surface area (Å²) >= 11 is 0. The van der Waals surface area contributed by atoms with E-state index in [0.29, 0.717) is 19.3 Å². The highest BCUT2D eigenvalue weighted by molar-refractivity contribution is 5.80. The molecule has 1 saturated heterocycles. The van der Waals surface area contributed by atoms with Gasteiger partial charge in [0.1, 0.15) is 24.4 Å². The van der Waals surface area contributed by atoms with Crippen LogP contribution in [0.1, 0.15) is 335 Å². The molecule has 11 heteroatoms. The van der Waals surface area contributed by atoms with Gasteiger partial charge in [-0.2, -0.15) is 0 Å². The SMILES string of the molecule is CC/C=C\C/C=C\C/C=C\C/C=C\C/C=C\CCCCCCCCCCCC(=O)OC1C(OCC(NC(=O)C(O)CCCCCCCCCCCCCCCCCCCCCC)C(O)/C=C/CCCCCCCCCCCCC)OC(CO)C(O)C1O. The first kappa shape index (κ1) is 82.1. The minimum absolute atomic E-state index is 0.115. The zero-order valence-corrected chi connectivity index (χ0v) is 56.4. The molecule has 0 spiro atoms. The number of hydrogen-bond acceptors (Lipinski definition) is 10. The van der Waals surface area contributed by atoms with Gasteiger partial charge in [-0.05, 0) is 70.6 Å². The lowest BCUT2D eigenvalue weighted by Crippen LogP contribution is -2.61. The molecule has 0 bridgehead atoms. The van der Waals surface area contributed by atoms with Crippen LogP contribution in [0.25, 0.3) is 0 Å². The molecule has 1 heterocycles. The predicted octanol–water partition coefficient (Wildman–Crippen LogP) is 19.1. The van der Waals surface area contributed by atoms with Crippen molar-refractivity contribution < 1.29 is 49.3 Å². The number of ether oxygens (including phenoxy) is 3. The van der Waals surface area contributed by atoms with E-state index >= 15 is 0 Å². The number of unbranched alkanes of at least 4 members (excludes halogenated alkanes) is 39. The fourth-order valence-corrected chi connectivity index (χ4v) is 11.4. The largest absolute Gasteiger partial charge is 0.454 e. The number of hydrogen-bond donors (Lipinski definition) is 6. The van der Waals surface area contributed by atoms with Crippen LogP contribution < -0.4 is 5.32 Å². The second-order valence-electron chi connectivity index (χ2n) is 25.3. The molecule has 1 rings (SSSR count). The van der Waals surface area contributed by atoms with E-state index in [4.69, 9.17) is 14.2 Å². The Morgan fingerprint density at radius 3 is 1.24 bits per heavy atom. The van der Waals surface area contributed by atoms with Crippen molar-refractivity contribution in [3.8, 4) is 0 Å². The van der Waals surface area contributed by atoms with Gasteiger partial charge in [-0.25, -0.2) is 0 Å². The summed E-state index contributed by atoms with van der Waals surface area (Å²) < 4.78 is 17.7. The normalized spacial score (nSPS) is 18.6. The molecule has 1 fully saturated rings. The predicted molar refractivity (Wildman–Crippen MR) is 366 cm³/mol. The van der Waals surface area contributed by atoms with E-state index in [0.717, 1.165) is 103 Å². The van der Waals surface area contributed by atoms with E-state index in [1.165, 1.54) is 186 Å². The number of rotatable bonds is 63. The molecule has 8 unspecified atom stereocenters. The van der Waals surface area contributed by atoms with Gasteiger partial charge < -0.3 is 45.1 Å². The number of carbonyl (C=O) groups excluding carboxylic acids is 2. The molecule has 0 aromatic heterocycles. The Balaban J connectivity index is 2.57. The highest BCUT2D eigenvalue weighted by Gasteiger charge is 2.47. The maximum absolute atomic E-state index is 13.5. The van der Waals surface area contributed by atoms with Crippen molar-refractivity contribution >= 4 is 11.9 Å². The van der Waals surface area contributed by atoms with Crippen molar-refractivity contribution in [3.63, 3.8) is 0 Å². The summed E-state index contributed by atoms with van der Waals surface area (Å²) in [6, 6.07) is -1.03. The molecule has 8 atom stereocenters. The summed E-state index contributed by atoms with van der Waals surface area (Å²) in [5.41, 5.74) is 0. The fraction of sp³-hybridized carbons (Fsp3) is 0.816. The molecule has 11 nitrogen and oxygen atoms in total. The van der Waals surface area contributed by atoms with Crippen LogP contribution in [0.3, 0.4) is 0 Å². The quantitative estimate of drug-likeness (QED) is 0.0195. The number of nitrogens with one attached hydrogen (secondary N) is 1. The average molecular weight is 1220 g/mol. The lowest BCUT2D eigenvalue weighted by Gasteiger charge is -2.41. The van der Waals surface area contributed by atoms with Crippen molar-refractivity contribution in [1.82, 2.24) is 5.32 Å². The van der Waals surface area contributed by atoms with Crippen LogP contribution in [0.15, 0.2) is 72.9 Å². The lowest BCUT2D eigenvalue weighted by atomic mass is 9.99. The van der Waals surface area contributed by atoms with Gasteiger partial charge in [0.25, 0.3) is 0 Å². The van der Waals surface area contributed by atoms with Crippen molar-refractivity contribution in [2.75, 3.05) is 13.2 Å². The summed E-state index contributed by atoms with van der Waals surface area (Å²) in [5, 5.41) is 57.3. The zero-order chi connectivity index (χ0) is 63.1. The van der Waals surface area contributed by atoms with Gasteiger partial charge in [0.15, 0.2) is 12.4 Å². The molecule has 0 aromatic carbocycles. The molecule has 1 aliphatic rings. The monoisotopic (exact) mass is 1220 g/mol. The van der Waals surface area contributed by atoms with Crippen LogP contribution in [0.5, 0.6) is 0 Å². The number of aliphatic hydroxyl groups excluding tert-OH is 5. The molecular weight excluding hydrogens is 1090 g/mol. The van der Waals surface area contributed by atoms with Crippen LogP contribution in [-0.4, -0.2) is 99.6 Å². The molecule has 0 aromatic rings. The van der Waals surface area contributed by atoms with Crippen LogP contribution in [-0.2, 0) is 23.8 Å². The molecule has 506 valence electrons. The summed E-state index contributed by atoms with van der Waals surface area (Å²) in [6.07, 6.45) is 72.2. The minimum atomic E-state index is -1.62. The van der Waals surface area contributed by atoms with Crippen LogP contribution in [0.4, 0.5) is 0 Å². The molecule has 0 aliphatic carbocycles. The number of amides is 1. The van der Waals surface area contributed by atoms with E-state index in [-0.39, 0.29) is 13.0 Å². The minimum Gasteiger partial charge on any atom is -0.454 e. The molecule has 6 N–H and O–H groups in total. The Hall–Kier alpha value is -2.90. The van der Waals surface area contributed by atoms with E-state index < -0.39 is 67.4 Å². The maximum Gasteiger partial charge on any atom is 0.306 e. The highest BCUT2D eigenvalue weighted by atomic mass is 16.7. The first-order chi connectivity index (χ1) is 42.7. The molecule has 87 heavy (non-hydrogen) atoms. The van der Waals surface area contributed by atoms with Gasteiger partial charge in [-0.15, -0.1) is 0 Å². The first-order valence-corrected chi connectivity index (χ1v) is 36.7. The Kier molecular flexibility index (Phi) is 59.7. The fourth-order valence-electron chi connectivity index (χ4n) is 11.4. The van der Waals surface area contributed by atoms with E-state index in [1.807, 2.05) is 6.08 Å². The molecule has 1 aliphatic heterocycles. The van der Waals surface area contributed by atoms with Crippen molar-refractivity contribution in [3.05, 3.63) is 72.9 Å². The summed E-state index contributed by atoms with van der Waals surface area (Å²) in [5.74, 6) is -1.19. The van der Waals surface area contributed by atoms with E-state index in [2.05, 4.69) is 86.8 Å². The lowest BCUT2D eigenvalue weighted by molar-refractivity contribution is -0.305. The van der Waals surface area contributed by atoms with Gasteiger partial charge in [0, 0.05) is 6.42 Å². The second kappa shape index (κ2) is 63.3. The Bertz CT molecular complexity index is 1690. The van der Waals surface area contributed by atoms with Gasteiger partial charge >= 0.3 is 5.97 Å². The molecule has 1 amide bonds. The van der Waals surface area contributed by atoms with Gasteiger partial charge in [-0.1, -0.05) is 331 Å². The number of aliphatic hydroxyl groups is 5. The smallest absolute Gasteiger partial charge is 0.306 e. The van der Waals surface area contributed by atoms with Gasteiger partial charge in [0.05, 0.1) is 25.4 Å². The Labute approximate surface area is 534 Å². The summed E-state index contributed by atoms with van der Waals surface area (Å²) in [4.78, 5) is 26.7.